The number of aliphatic hydroxyl groups is 1. The first-order valence-electron chi connectivity index (χ1n) is 8.31. The van der Waals surface area contributed by atoms with E-state index in [0.717, 1.165) is 35.2 Å². The first-order valence-corrected chi connectivity index (χ1v) is 8.31. The minimum absolute atomic E-state index is 0.347. The lowest BCUT2D eigenvalue weighted by atomic mass is 9.76. The molecule has 21 heavy (non-hydrogen) atoms. The fourth-order valence-corrected chi connectivity index (χ4v) is 3.84. The quantitative estimate of drug-likeness (QED) is 0.868. The van der Waals surface area contributed by atoms with Gasteiger partial charge in [0.1, 0.15) is 0 Å². The molecule has 1 atom stereocenters. The van der Waals surface area contributed by atoms with Gasteiger partial charge in [0.2, 0.25) is 0 Å². The zero-order valence-corrected chi connectivity index (χ0v) is 12.8. The lowest BCUT2D eigenvalue weighted by Gasteiger charge is -2.32. The molecule has 0 aliphatic heterocycles. The minimum Gasteiger partial charge on any atom is -0.388 e. The highest BCUT2D eigenvalue weighted by Gasteiger charge is 2.27. The van der Waals surface area contributed by atoms with Gasteiger partial charge in [-0.3, -0.25) is 4.98 Å². The molecule has 112 valence electrons. The molecule has 1 N–H and O–H groups in total. The van der Waals surface area contributed by atoms with Crippen LogP contribution in [-0.2, 0) is 0 Å². The maximum atomic E-state index is 10.8. The van der Waals surface area contributed by atoms with E-state index >= 15 is 0 Å². The van der Waals surface area contributed by atoms with Crippen molar-refractivity contribution in [2.45, 2.75) is 51.6 Å². The molecule has 0 saturated heterocycles. The summed E-state index contributed by atoms with van der Waals surface area (Å²) in [6.45, 7) is 2.27. The number of rotatable bonds is 4. The van der Waals surface area contributed by atoms with Crippen LogP contribution in [0.3, 0.4) is 0 Å². The Morgan fingerprint density at radius 3 is 2.71 bits per heavy atom. The van der Waals surface area contributed by atoms with E-state index in [9.17, 15) is 5.11 Å². The molecule has 2 nitrogen and oxygen atoms in total. The van der Waals surface area contributed by atoms with Crippen molar-refractivity contribution in [3.8, 4) is 0 Å². The molecule has 0 spiro atoms. The molecular formula is C19H25NO. The summed E-state index contributed by atoms with van der Waals surface area (Å²) >= 11 is 0. The topological polar surface area (TPSA) is 33.1 Å². The lowest BCUT2D eigenvalue weighted by Crippen LogP contribution is -2.20. The average Bonchev–Trinajstić information content (AvgIpc) is 2.55. The zero-order valence-electron chi connectivity index (χ0n) is 12.8. The number of fused-ring (bicyclic) bond motifs is 1. The third-order valence-electron chi connectivity index (χ3n) is 5.03. The Morgan fingerprint density at radius 1 is 1.14 bits per heavy atom. The normalized spacial score (nSPS) is 24.1. The monoisotopic (exact) mass is 283 g/mol. The van der Waals surface area contributed by atoms with Gasteiger partial charge in [0.05, 0.1) is 11.6 Å². The van der Waals surface area contributed by atoms with Gasteiger partial charge in [-0.25, -0.2) is 0 Å². The fraction of sp³-hybridized carbons (Fsp3) is 0.526. The van der Waals surface area contributed by atoms with Crippen LogP contribution in [0.4, 0.5) is 0 Å². The first kappa shape index (κ1) is 14.5. The lowest BCUT2D eigenvalue weighted by molar-refractivity contribution is 0.0733. The third-order valence-corrected chi connectivity index (χ3v) is 5.03. The average molecular weight is 283 g/mol. The molecule has 1 aromatic heterocycles. The Labute approximate surface area is 127 Å². The predicted molar refractivity (Wildman–Crippen MR) is 87.1 cm³/mol. The van der Waals surface area contributed by atoms with Crippen LogP contribution in [0.25, 0.3) is 10.9 Å². The molecule has 3 rings (SSSR count). The van der Waals surface area contributed by atoms with Crippen molar-refractivity contribution in [3.05, 3.63) is 42.1 Å². The molecule has 0 amide bonds. The maximum Gasteiger partial charge on any atom is 0.0824 e. The van der Waals surface area contributed by atoms with Crippen molar-refractivity contribution in [3.63, 3.8) is 0 Å². The van der Waals surface area contributed by atoms with Crippen LogP contribution in [0.5, 0.6) is 0 Å². The highest BCUT2D eigenvalue weighted by atomic mass is 16.3. The second-order valence-corrected chi connectivity index (χ2v) is 6.43. The summed E-state index contributed by atoms with van der Waals surface area (Å²) in [4.78, 5) is 4.39. The number of benzene rings is 1. The van der Waals surface area contributed by atoms with Crippen molar-refractivity contribution in [2.75, 3.05) is 0 Å². The Bertz CT molecular complexity index is 582. The maximum absolute atomic E-state index is 10.8. The van der Waals surface area contributed by atoms with Gasteiger partial charge in [-0.05, 0) is 42.4 Å². The fourth-order valence-electron chi connectivity index (χ4n) is 3.84. The van der Waals surface area contributed by atoms with Gasteiger partial charge in [0.25, 0.3) is 0 Å². The van der Waals surface area contributed by atoms with Crippen molar-refractivity contribution < 1.29 is 5.11 Å². The van der Waals surface area contributed by atoms with Crippen molar-refractivity contribution in [1.82, 2.24) is 4.98 Å². The van der Waals surface area contributed by atoms with Crippen LogP contribution >= 0.6 is 0 Å². The number of nitrogens with zero attached hydrogens (tertiary/aromatic N) is 1. The Morgan fingerprint density at radius 2 is 1.95 bits per heavy atom. The molecule has 0 radical (unpaired) electrons. The first-order chi connectivity index (χ1) is 10.3. The van der Waals surface area contributed by atoms with Crippen LogP contribution < -0.4 is 0 Å². The second kappa shape index (κ2) is 6.57. The Kier molecular flexibility index (Phi) is 4.54. The summed E-state index contributed by atoms with van der Waals surface area (Å²) in [5.74, 6) is 1.29. The van der Waals surface area contributed by atoms with E-state index < -0.39 is 0 Å². The number of aromatic nitrogens is 1. The molecule has 1 fully saturated rings. The van der Waals surface area contributed by atoms with Gasteiger partial charge in [0, 0.05) is 11.6 Å². The number of pyridine rings is 1. The molecule has 1 aliphatic rings. The van der Waals surface area contributed by atoms with E-state index in [-0.39, 0.29) is 6.10 Å². The number of hydrogen-bond acceptors (Lipinski definition) is 2. The highest BCUT2D eigenvalue weighted by molar-refractivity contribution is 5.82. The molecular weight excluding hydrogens is 258 g/mol. The molecule has 1 unspecified atom stereocenters. The predicted octanol–water partition coefficient (Wildman–Crippen LogP) is 4.87. The van der Waals surface area contributed by atoms with E-state index in [2.05, 4.69) is 24.0 Å². The summed E-state index contributed by atoms with van der Waals surface area (Å²) in [7, 11) is 0. The van der Waals surface area contributed by atoms with E-state index in [1.54, 1.807) is 0 Å². The smallest absolute Gasteiger partial charge is 0.0824 e. The molecule has 1 heterocycles. The Balaban J connectivity index is 1.77. The summed E-state index contributed by atoms with van der Waals surface area (Å²) in [5, 5.41) is 11.9. The van der Waals surface area contributed by atoms with Crippen LogP contribution in [0, 0.1) is 11.8 Å². The molecule has 2 aromatic rings. The van der Waals surface area contributed by atoms with Crippen LogP contribution in [0.1, 0.15) is 57.1 Å². The number of aliphatic hydroxyl groups excluding tert-OH is 1. The largest absolute Gasteiger partial charge is 0.388 e. The standard InChI is InChI=1S/C19H25NO/c1-2-5-14-9-11-15(12-10-14)19(21)17-6-3-8-18-16(17)7-4-13-20-18/h3-4,6-8,13-15,19,21H,2,5,9-12H2,1H3. The number of hydrogen-bond donors (Lipinski definition) is 1. The molecule has 2 heteroatoms. The van der Waals surface area contributed by atoms with Crippen LogP contribution in [0.15, 0.2) is 36.5 Å². The van der Waals surface area contributed by atoms with Crippen molar-refractivity contribution >= 4 is 10.9 Å². The minimum atomic E-state index is -0.347. The zero-order chi connectivity index (χ0) is 14.7. The van der Waals surface area contributed by atoms with Gasteiger partial charge in [0.15, 0.2) is 0 Å². The van der Waals surface area contributed by atoms with E-state index in [4.69, 9.17) is 0 Å². The molecule has 0 bridgehead atoms. The van der Waals surface area contributed by atoms with Gasteiger partial charge in [-0.2, -0.15) is 0 Å². The van der Waals surface area contributed by atoms with Gasteiger partial charge < -0.3 is 5.11 Å². The van der Waals surface area contributed by atoms with Crippen LogP contribution in [-0.4, -0.2) is 10.1 Å². The Hall–Kier alpha value is -1.41. The van der Waals surface area contributed by atoms with E-state index in [1.807, 2.05) is 24.4 Å². The molecule has 1 saturated carbocycles. The summed E-state index contributed by atoms with van der Waals surface area (Å²) < 4.78 is 0. The van der Waals surface area contributed by atoms with Crippen molar-refractivity contribution in [1.29, 1.82) is 0 Å². The van der Waals surface area contributed by atoms with Gasteiger partial charge >= 0.3 is 0 Å². The third kappa shape index (κ3) is 3.11. The van der Waals surface area contributed by atoms with Crippen molar-refractivity contribution in [2.24, 2.45) is 11.8 Å². The molecule has 1 aromatic carbocycles. The van der Waals surface area contributed by atoms with Crippen LogP contribution in [0.2, 0.25) is 0 Å². The highest BCUT2D eigenvalue weighted by Crippen LogP contribution is 2.39. The summed E-state index contributed by atoms with van der Waals surface area (Å²) in [5.41, 5.74) is 2.04. The molecule has 1 aliphatic carbocycles. The SMILES string of the molecule is CCCC1CCC(C(O)c2cccc3ncccc23)CC1. The second-order valence-electron chi connectivity index (χ2n) is 6.43. The summed E-state index contributed by atoms with van der Waals surface area (Å²) in [6, 6.07) is 10.1. The van der Waals surface area contributed by atoms with E-state index in [0.29, 0.717) is 5.92 Å². The van der Waals surface area contributed by atoms with Gasteiger partial charge in [-0.1, -0.05) is 50.8 Å². The summed E-state index contributed by atoms with van der Waals surface area (Å²) in [6.07, 6.45) is 8.96. The van der Waals surface area contributed by atoms with Gasteiger partial charge in [-0.15, -0.1) is 0 Å². The van der Waals surface area contributed by atoms with E-state index in [1.165, 1.54) is 25.7 Å².